The lowest BCUT2D eigenvalue weighted by Gasteiger charge is -2.24. The first-order valence-corrected chi connectivity index (χ1v) is 9.90. The number of hydrogen-bond acceptors (Lipinski definition) is 2. The van der Waals surface area contributed by atoms with E-state index in [-0.39, 0.29) is 24.0 Å². The summed E-state index contributed by atoms with van der Waals surface area (Å²) in [6.07, 6.45) is 6.47. The van der Waals surface area contributed by atoms with Crippen LogP contribution in [0.4, 0.5) is 0 Å². The zero-order chi connectivity index (χ0) is 18.4. The molecule has 0 atom stereocenters. The molecular formula is C21H34IN5. The number of para-hydroxylation sites is 1. The molecule has 0 aliphatic heterocycles. The summed E-state index contributed by atoms with van der Waals surface area (Å²) < 4.78 is 0. The van der Waals surface area contributed by atoms with Crippen LogP contribution in [-0.4, -0.2) is 55.6 Å². The maximum atomic E-state index is 4.35. The number of nitrogens with one attached hydrogen (secondary N) is 3. The lowest BCUT2D eigenvalue weighted by molar-refractivity contribution is 0.249. The Morgan fingerprint density at radius 1 is 1.19 bits per heavy atom. The number of nitrogens with zero attached hydrogens (tertiary/aromatic N) is 2. The van der Waals surface area contributed by atoms with Gasteiger partial charge in [0.25, 0.3) is 0 Å². The van der Waals surface area contributed by atoms with E-state index in [0.717, 1.165) is 38.1 Å². The van der Waals surface area contributed by atoms with Gasteiger partial charge in [-0.1, -0.05) is 31.0 Å². The van der Waals surface area contributed by atoms with Crippen molar-refractivity contribution in [2.75, 3.05) is 33.7 Å². The van der Waals surface area contributed by atoms with E-state index >= 15 is 0 Å². The van der Waals surface area contributed by atoms with E-state index in [9.17, 15) is 0 Å². The van der Waals surface area contributed by atoms with Crippen LogP contribution in [0.1, 0.15) is 36.9 Å². The number of halogens is 1. The first-order chi connectivity index (χ1) is 12.7. The van der Waals surface area contributed by atoms with Crippen LogP contribution in [0.2, 0.25) is 0 Å². The van der Waals surface area contributed by atoms with E-state index in [4.69, 9.17) is 0 Å². The first kappa shape index (κ1) is 22.0. The first-order valence-electron chi connectivity index (χ1n) is 9.90. The molecule has 1 aliphatic rings. The van der Waals surface area contributed by atoms with Crippen LogP contribution >= 0.6 is 24.0 Å². The Balaban J connectivity index is 0.00000261. The number of benzene rings is 1. The smallest absolute Gasteiger partial charge is 0.191 e. The van der Waals surface area contributed by atoms with Crippen LogP contribution in [0.15, 0.2) is 29.3 Å². The number of aromatic amines is 1. The van der Waals surface area contributed by atoms with Crippen LogP contribution in [0.25, 0.3) is 10.9 Å². The molecule has 1 fully saturated rings. The highest BCUT2D eigenvalue weighted by molar-refractivity contribution is 14.0. The van der Waals surface area contributed by atoms with Crippen molar-refractivity contribution >= 4 is 40.8 Å². The number of fused-ring (bicyclic) bond motifs is 1. The molecule has 3 rings (SSSR count). The Labute approximate surface area is 180 Å². The van der Waals surface area contributed by atoms with Crippen molar-refractivity contribution in [3.63, 3.8) is 0 Å². The highest BCUT2D eigenvalue weighted by Gasteiger charge is 2.18. The van der Waals surface area contributed by atoms with Crippen molar-refractivity contribution in [2.24, 2.45) is 4.99 Å². The predicted octanol–water partition coefficient (Wildman–Crippen LogP) is 3.68. The van der Waals surface area contributed by atoms with Crippen molar-refractivity contribution in [2.45, 2.75) is 45.1 Å². The summed E-state index contributed by atoms with van der Waals surface area (Å²) in [6, 6.07) is 9.29. The topological polar surface area (TPSA) is 55.5 Å². The molecule has 1 saturated carbocycles. The van der Waals surface area contributed by atoms with Gasteiger partial charge in [-0.3, -0.25) is 4.99 Å². The van der Waals surface area contributed by atoms with Gasteiger partial charge in [-0.25, -0.2) is 0 Å². The lowest BCUT2D eigenvalue weighted by Crippen LogP contribution is -2.43. The Morgan fingerprint density at radius 3 is 2.63 bits per heavy atom. The fraction of sp³-hybridized carbons (Fsp3) is 0.571. The minimum atomic E-state index is 0. The standard InChI is InChI=1S/C21H33N5.HI/c1-16-18(19-10-6-7-11-20(19)25-16)12-13-23-21(22-2)24-14-15-26(3)17-8-4-5-9-17;/h6-7,10-11,17,25H,4-5,8-9,12-15H2,1-3H3,(H2,22,23,24);1H. The van der Waals surface area contributed by atoms with E-state index in [2.05, 4.69) is 63.7 Å². The molecule has 1 aromatic heterocycles. The molecule has 150 valence electrons. The quantitative estimate of drug-likeness (QED) is 0.320. The summed E-state index contributed by atoms with van der Waals surface area (Å²) >= 11 is 0. The van der Waals surface area contributed by atoms with Gasteiger partial charge in [-0.05, 0) is 44.9 Å². The average Bonchev–Trinajstić information content (AvgIpc) is 3.28. The zero-order valence-corrected chi connectivity index (χ0v) is 19.2. The zero-order valence-electron chi connectivity index (χ0n) is 16.8. The Hall–Kier alpha value is -1.28. The van der Waals surface area contributed by atoms with Gasteiger partial charge in [0.15, 0.2) is 5.96 Å². The number of aryl methyl sites for hydroxylation is 1. The third kappa shape index (κ3) is 5.85. The summed E-state index contributed by atoms with van der Waals surface area (Å²) in [5.74, 6) is 0.891. The van der Waals surface area contributed by atoms with Gasteiger partial charge in [0.05, 0.1) is 0 Å². The molecule has 0 radical (unpaired) electrons. The van der Waals surface area contributed by atoms with E-state index in [1.54, 1.807) is 0 Å². The molecule has 2 aromatic rings. The second kappa shape index (κ2) is 10.9. The summed E-state index contributed by atoms with van der Waals surface area (Å²) in [7, 11) is 4.08. The molecule has 0 saturated heterocycles. The van der Waals surface area contributed by atoms with E-state index in [0.29, 0.717) is 0 Å². The number of rotatable bonds is 7. The Morgan fingerprint density at radius 2 is 1.89 bits per heavy atom. The Kier molecular flexibility index (Phi) is 8.89. The molecule has 1 aromatic carbocycles. The van der Waals surface area contributed by atoms with E-state index in [1.807, 2.05) is 7.05 Å². The molecule has 3 N–H and O–H groups in total. The van der Waals surface area contributed by atoms with E-state index in [1.165, 1.54) is 47.8 Å². The molecule has 5 nitrogen and oxygen atoms in total. The van der Waals surface area contributed by atoms with Crippen LogP contribution in [0.3, 0.4) is 0 Å². The van der Waals surface area contributed by atoms with Gasteiger partial charge in [0, 0.05) is 49.3 Å². The second-order valence-electron chi connectivity index (χ2n) is 7.37. The number of aromatic nitrogens is 1. The van der Waals surface area contributed by atoms with Crippen molar-refractivity contribution in [3.05, 3.63) is 35.5 Å². The predicted molar refractivity (Wildman–Crippen MR) is 126 cm³/mol. The number of aliphatic imine (C=N–C) groups is 1. The Bertz CT molecular complexity index is 733. The van der Waals surface area contributed by atoms with Crippen molar-refractivity contribution in [1.29, 1.82) is 0 Å². The van der Waals surface area contributed by atoms with Crippen LogP contribution in [0, 0.1) is 6.92 Å². The number of H-pyrrole nitrogens is 1. The van der Waals surface area contributed by atoms with Crippen LogP contribution in [-0.2, 0) is 6.42 Å². The summed E-state index contributed by atoms with van der Waals surface area (Å²) in [5, 5.41) is 8.22. The SMILES string of the molecule is CN=C(NCCc1c(C)[nH]c2ccccc12)NCCN(C)C1CCCC1.I. The highest BCUT2D eigenvalue weighted by Crippen LogP contribution is 2.22. The summed E-state index contributed by atoms with van der Waals surface area (Å²) in [5.41, 5.74) is 3.87. The molecule has 0 bridgehead atoms. The average molecular weight is 483 g/mol. The van der Waals surface area contributed by atoms with Gasteiger partial charge < -0.3 is 20.5 Å². The number of guanidine groups is 1. The third-order valence-corrected chi connectivity index (χ3v) is 5.62. The van der Waals surface area contributed by atoms with Gasteiger partial charge >= 0.3 is 0 Å². The van der Waals surface area contributed by atoms with Gasteiger partial charge in [-0.2, -0.15) is 0 Å². The van der Waals surface area contributed by atoms with Gasteiger partial charge in [0.1, 0.15) is 0 Å². The third-order valence-electron chi connectivity index (χ3n) is 5.62. The number of likely N-dealkylation sites (N-methyl/N-ethyl adjacent to an activating group) is 1. The molecular weight excluding hydrogens is 449 g/mol. The molecule has 6 heteroatoms. The summed E-state index contributed by atoms with van der Waals surface area (Å²) in [6.45, 7) is 5.02. The normalized spacial score (nSPS) is 15.3. The molecule has 1 heterocycles. The maximum absolute atomic E-state index is 4.35. The highest BCUT2D eigenvalue weighted by atomic mass is 127. The maximum Gasteiger partial charge on any atom is 0.191 e. The molecule has 1 aliphatic carbocycles. The largest absolute Gasteiger partial charge is 0.358 e. The monoisotopic (exact) mass is 483 g/mol. The van der Waals surface area contributed by atoms with Crippen molar-refractivity contribution in [3.8, 4) is 0 Å². The van der Waals surface area contributed by atoms with Gasteiger partial charge in [0.2, 0.25) is 0 Å². The fourth-order valence-electron chi connectivity index (χ4n) is 4.06. The molecule has 0 amide bonds. The summed E-state index contributed by atoms with van der Waals surface area (Å²) in [4.78, 5) is 10.3. The van der Waals surface area contributed by atoms with Crippen LogP contribution < -0.4 is 10.6 Å². The minimum absolute atomic E-state index is 0. The molecule has 0 spiro atoms. The molecule has 27 heavy (non-hydrogen) atoms. The van der Waals surface area contributed by atoms with Crippen LogP contribution in [0.5, 0.6) is 0 Å². The number of hydrogen-bond donors (Lipinski definition) is 3. The van der Waals surface area contributed by atoms with E-state index < -0.39 is 0 Å². The molecule has 0 unspecified atom stereocenters. The lowest BCUT2D eigenvalue weighted by atomic mass is 10.1. The fourth-order valence-corrected chi connectivity index (χ4v) is 4.06. The minimum Gasteiger partial charge on any atom is -0.358 e. The van der Waals surface area contributed by atoms with Crippen molar-refractivity contribution in [1.82, 2.24) is 20.5 Å². The van der Waals surface area contributed by atoms with Gasteiger partial charge in [-0.15, -0.1) is 24.0 Å². The second-order valence-corrected chi connectivity index (χ2v) is 7.37. The van der Waals surface area contributed by atoms with Crippen molar-refractivity contribution < 1.29 is 0 Å².